The van der Waals surface area contributed by atoms with Crippen LogP contribution in [0.1, 0.15) is 11.1 Å². The Bertz CT molecular complexity index is 915. The molecule has 0 aliphatic heterocycles. The largest absolute Gasteiger partial charge is 0.508 e. The van der Waals surface area contributed by atoms with Gasteiger partial charge in [-0.3, -0.25) is 0 Å². The molecule has 2 aromatic carbocycles. The number of fused-ring (bicyclic) bond motifs is 1. The molecule has 118 valence electrons. The van der Waals surface area contributed by atoms with Crippen LogP contribution in [-0.2, 0) is 6.54 Å². The smallest absolute Gasteiger partial charge is 0.336 e. The Morgan fingerprint density at radius 2 is 2.04 bits per heavy atom. The lowest BCUT2D eigenvalue weighted by Crippen LogP contribution is -2.06. The summed E-state index contributed by atoms with van der Waals surface area (Å²) >= 11 is 0. The summed E-state index contributed by atoms with van der Waals surface area (Å²) in [5.41, 5.74) is 2.24. The third-order valence-electron chi connectivity index (χ3n) is 3.77. The van der Waals surface area contributed by atoms with Crippen LogP contribution in [0.25, 0.3) is 11.0 Å². The van der Waals surface area contributed by atoms with Gasteiger partial charge in [0.25, 0.3) is 0 Å². The van der Waals surface area contributed by atoms with E-state index in [4.69, 9.17) is 9.15 Å². The van der Waals surface area contributed by atoms with Gasteiger partial charge in [-0.2, -0.15) is 0 Å². The molecule has 23 heavy (non-hydrogen) atoms. The highest BCUT2D eigenvalue weighted by molar-refractivity contribution is 5.85. The zero-order valence-electron chi connectivity index (χ0n) is 12.9. The molecule has 0 fully saturated rings. The average molecular weight is 311 g/mol. The van der Waals surface area contributed by atoms with Crippen LogP contribution >= 0.6 is 0 Å². The molecule has 0 spiro atoms. The van der Waals surface area contributed by atoms with Crippen molar-refractivity contribution in [1.82, 2.24) is 0 Å². The number of aromatic hydroxyl groups is 1. The summed E-state index contributed by atoms with van der Waals surface area (Å²) in [6.45, 7) is 2.18. The van der Waals surface area contributed by atoms with E-state index in [1.54, 1.807) is 26.2 Å². The Morgan fingerprint density at radius 1 is 1.22 bits per heavy atom. The minimum atomic E-state index is -0.436. The standard InChI is InChI=1S/C18H17NO4/c1-11-16(20)7-6-15-12(8-17(21)23-18(11)15)10-19-13-4-3-5-14(9-13)22-2/h3-9,19-20H,10H2,1-2H3. The lowest BCUT2D eigenvalue weighted by atomic mass is 10.1. The highest BCUT2D eigenvalue weighted by Gasteiger charge is 2.10. The number of phenols is 1. The van der Waals surface area contributed by atoms with Crippen molar-refractivity contribution < 1.29 is 14.3 Å². The van der Waals surface area contributed by atoms with E-state index in [1.807, 2.05) is 24.3 Å². The maximum atomic E-state index is 11.8. The molecule has 3 rings (SSSR count). The molecule has 0 radical (unpaired) electrons. The van der Waals surface area contributed by atoms with Crippen LogP contribution in [0, 0.1) is 6.92 Å². The number of methoxy groups -OCH3 is 1. The van der Waals surface area contributed by atoms with Crippen molar-refractivity contribution in [3.05, 3.63) is 64.0 Å². The first-order valence-electron chi connectivity index (χ1n) is 7.21. The van der Waals surface area contributed by atoms with E-state index in [0.29, 0.717) is 17.7 Å². The maximum Gasteiger partial charge on any atom is 0.336 e. The summed E-state index contributed by atoms with van der Waals surface area (Å²) in [7, 11) is 1.62. The molecular formula is C18H17NO4. The first-order valence-corrected chi connectivity index (χ1v) is 7.21. The second-order valence-electron chi connectivity index (χ2n) is 5.26. The van der Waals surface area contributed by atoms with Crippen LogP contribution in [0.4, 0.5) is 5.69 Å². The second-order valence-corrected chi connectivity index (χ2v) is 5.26. The first-order chi connectivity index (χ1) is 11.1. The zero-order valence-corrected chi connectivity index (χ0v) is 12.9. The molecule has 3 aromatic rings. The monoisotopic (exact) mass is 311 g/mol. The molecule has 5 heteroatoms. The number of ether oxygens (including phenoxy) is 1. The molecule has 2 N–H and O–H groups in total. The SMILES string of the molecule is COc1cccc(NCc2cc(=O)oc3c(C)c(O)ccc23)c1. The van der Waals surface area contributed by atoms with Gasteiger partial charge >= 0.3 is 5.63 Å². The van der Waals surface area contributed by atoms with Crippen molar-refractivity contribution in [2.24, 2.45) is 0 Å². The fourth-order valence-electron chi connectivity index (χ4n) is 2.49. The molecule has 0 unspecified atom stereocenters. The van der Waals surface area contributed by atoms with Crippen LogP contribution in [-0.4, -0.2) is 12.2 Å². The van der Waals surface area contributed by atoms with Crippen LogP contribution < -0.4 is 15.7 Å². The predicted octanol–water partition coefficient (Wildman–Crippen LogP) is 3.43. The summed E-state index contributed by atoms with van der Waals surface area (Å²) in [6, 6.07) is 12.4. The molecule has 0 saturated heterocycles. The number of benzene rings is 2. The van der Waals surface area contributed by atoms with Crippen LogP contribution in [0.3, 0.4) is 0 Å². The first kappa shape index (κ1) is 15.0. The molecule has 0 aliphatic carbocycles. The van der Waals surface area contributed by atoms with Crippen molar-refractivity contribution in [2.75, 3.05) is 12.4 Å². The normalized spacial score (nSPS) is 10.7. The van der Waals surface area contributed by atoms with E-state index in [-0.39, 0.29) is 5.75 Å². The number of hydrogen-bond acceptors (Lipinski definition) is 5. The molecule has 5 nitrogen and oxygen atoms in total. The van der Waals surface area contributed by atoms with Crippen molar-refractivity contribution in [3.8, 4) is 11.5 Å². The summed E-state index contributed by atoms with van der Waals surface area (Å²) in [5, 5.41) is 13.8. The number of aryl methyl sites for hydroxylation is 1. The number of hydrogen-bond donors (Lipinski definition) is 2. The Morgan fingerprint density at radius 3 is 2.83 bits per heavy atom. The Kier molecular flexibility index (Phi) is 3.93. The molecule has 1 aromatic heterocycles. The van der Waals surface area contributed by atoms with E-state index < -0.39 is 5.63 Å². The van der Waals surface area contributed by atoms with Crippen molar-refractivity contribution in [3.63, 3.8) is 0 Å². The molecular weight excluding hydrogens is 294 g/mol. The van der Waals surface area contributed by atoms with Gasteiger partial charge in [-0.25, -0.2) is 4.79 Å². The topological polar surface area (TPSA) is 71.7 Å². The summed E-state index contributed by atoms with van der Waals surface area (Å²) in [4.78, 5) is 11.8. The minimum Gasteiger partial charge on any atom is -0.508 e. The molecule has 0 bridgehead atoms. The third-order valence-corrected chi connectivity index (χ3v) is 3.77. The molecule has 0 atom stereocenters. The van der Waals surface area contributed by atoms with Gasteiger partial charge in [0.2, 0.25) is 0 Å². The predicted molar refractivity (Wildman–Crippen MR) is 89.2 cm³/mol. The quantitative estimate of drug-likeness (QED) is 0.722. The molecule has 1 heterocycles. The fraction of sp³-hybridized carbons (Fsp3) is 0.167. The van der Waals surface area contributed by atoms with E-state index in [9.17, 15) is 9.90 Å². The molecule has 0 saturated carbocycles. The average Bonchev–Trinajstić information content (AvgIpc) is 2.56. The Balaban J connectivity index is 1.96. The van der Waals surface area contributed by atoms with Gasteiger partial charge in [0.15, 0.2) is 0 Å². The Labute approximate surface area is 133 Å². The van der Waals surface area contributed by atoms with Gasteiger partial charge in [-0.05, 0) is 36.8 Å². The zero-order chi connectivity index (χ0) is 16.4. The molecule has 0 amide bonds. The third kappa shape index (κ3) is 2.99. The lowest BCUT2D eigenvalue weighted by Gasteiger charge is -2.11. The van der Waals surface area contributed by atoms with Crippen molar-refractivity contribution in [1.29, 1.82) is 0 Å². The van der Waals surface area contributed by atoms with E-state index >= 15 is 0 Å². The van der Waals surface area contributed by atoms with Gasteiger partial charge in [0, 0.05) is 35.3 Å². The van der Waals surface area contributed by atoms with Gasteiger partial charge < -0.3 is 19.6 Å². The van der Waals surface area contributed by atoms with Gasteiger partial charge in [-0.15, -0.1) is 0 Å². The number of rotatable bonds is 4. The van der Waals surface area contributed by atoms with E-state index in [2.05, 4.69) is 5.32 Å². The Hall–Kier alpha value is -2.95. The summed E-state index contributed by atoms with van der Waals surface area (Å²) in [6.07, 6.45) is 0. The number of nitrogens with one attached hydrogen (secondary N) is 1. The summed E-state index contributed by atoms with van der Waals surface area (Å²) < 4.78 is 10.4. The number of anilines is 1. The molecule has 0 aliphatic rings. The van der Waals surface area contributed by atoms with Gasteiger partial charge in [0.05, 0.1) is 7.11 Å². The maximum absolute atomic E-state index is 11.8. The van der Waals surface area contributed by atoms with Crippen molar-refractivity contribution in [2.45, 2.75) is 13.5 Å². The van der Waals surface area contributed by atoms with Gasteiger partial charge in [-0.1, -0.05) is 6.07 Å². The van der Waals surface area contributed by atoms with Crippen LogP contribution in [0.2, 0.25) is 0 Å². The fourth-order valence-corrected chi connectivity index (χ4v) is 2.49. The summed E-state index contributed by atoms with van der Waals surface area (Å²) in [5.74, 6) is 0.867. The van der Waals surface area contributed by atoms with Crippen molar-refractivity contribution >= 4 is 16.7 Å². The second kappa shape index (κ2) is 6.04. The lowest BCUT2D eigenvalue weighted by molar-refractivity contribution is 0.415. The number of phenolic OH excluding ortho intramolecular Hbond substituents is 1. The minimum absolute atomic E-state index is 0.110. The van der Waals surface area contributed by atoms with Crippen LogP contribution in [0.5, 0.6) is 11.5 Å². The van der Waals surface area contributed by atoms with Crippen LogP contribution in [0.15, 0.2) is 51.7 Å². The van der Waals surface area contributed by atoms with E-state index in [0.717, 1.165) is 22.4 Å². The van der Waals surface area contributed by atoms with Gasteiger partial charge in [0.1, 0.15) is 17.1 Å². The highest BCUT2D eigenvalue weighted by atomic mass is 16.5. The van der Waals surface area contributed by atoms with E-state index in [1.165, 1.54) is 6.07 Å². The highest BCUT2D eigenvalue weighted by Crippen LogP contribution is 2.28.